The standard InChI is InChI=1S/C54H103NO8/c1-6-8-10-12-14-16-18-19-20-21-22-23-24-25-26-27-28-29-30-31-32-33-34-35-37-38-40-42-44-51(56)61-48-50(49-62-54(53(58)59)60-47-46-55(3,4)5)63-52(57)45-43-41-39-36-17-15-13-11-9-7-2/h11,13,50,54H,6-10,12,14-49H2,1-5H3/b13-11-. The highest BCUT2D eigenvalue weighted by atomic mass is 16.7. The van der Waals surface area contributed by atoms with E-state index in [1.807, 2.05) is 21.1 Å². The molecule has 0 fully saturated rings. The Morgan fingerprint density at radius 1 is 0.460 bits per heavy atom. The van der Waals surface area contributed by atoms with Crippen LogP contribution in [0.2, 0.25) is 0 Å². The Balaban J connectivity index is 4.04. The van der Waals surface area contributed by atoms with E-state index in [4.69, 9.17) is 18.9 Å². The quantitative estimate of drug-likeness (QED) is 0.0195. The summed E-state index contributed by atoms with van der Waals surface area (Å²) in [5.41, 5.74) is 0. The van der Waals surface area contributed by atoms with Crippen LogP contribution in [0.5, 0.6) is 0 Å². The number of aliphatic carboxylic acids is 1. The number of quaternary nitrogens is 1. The van der Waals surface area contributed by atoms with Gasteiger partial charge in [0, 0.05) is 12.8 Å². The topological polar surface area (TPSA) is 111 Å². The van der Waals surface area contributed by atoms with Crippen LogP contribution in [-0.2, 0) is 33.3 Å². The number of nitrogens with zero attached hydrogens (tertiary/aromatic N) is 1. The molecule has 9 nitrogen and oxygen atoms in total. The van der Waals surface area contributed by atoms with Gasteiger partial charge in [-0.2, -0.15) is 0 Å². The number of unbranched alkanes of at least 4 members (excludes halogenated alkanes) is 33. The van der Waals surface area contributed by atoms with E-state index in [0.29, 0.717) is 23.9 Å². The molecule has 0 aliphatic heterocycles. The molecule has 2 unspecified atom stereocenters. The van der Waals surface area contributed by atoms with Crippen LogP contribution in [0.4, 0.5) is 0 Å². The van der Waals surface area contributed by atoms with Gasteiger partial charge >= 0.3 is 11.9 Å². The van der Waals surface area contributed by atoms with Gasteiger partial charge in [0.05, 0.1) is 40.3 Å². The van der Waals surface area contributed by atoms with Crippen molar-refractivity contribution in [1.82, 2.24) is 0 Å². The number of likely N-dealkylation sites (N-methyl/N-ethyl adjacent to an activating group) is 1. The van der Waals surface area contributed by atoms with Gasteiger partial charge in [-0.15, -0.1) is 0 Å². The van der Waals surface area contributed by atoms with E-state index in [1.54, 1.807) is 0 Å². The molecule has 9 heteroatoms. The van der Waals surface area contributed by atoms with Gasteiger partial charge in [-0.05, 0) is 32.1 Å². The van der Waals surface area contributed by atoms with E-state index in [-0.39, 0.29) is 32.2 Å². The molecule has 0 amide bonds. The molecule has 0 heterocycles. The van der Waals surface area contributed by atoms with E-state index < -0.39 is 24.3 Å². The Hall–Kier alpha value is -1.97. The zero-order valence-electron chi connectivity index (χ0n) is 42.2. The van der Waals surface area contributed by atoms with Gasteiger partial charge in [0.2, 0.25) is 0 Å². The molecule has 0 aliphatic rings. The smallest absolute Gasteiger partial charge is 0.306 e. The van der Waals surface area contributed by atoms with E-state index in [1.165, 1.54) is 167 Å². The molecule has 0 rings (SSSR count). The molecule has 0 saturated heterocycles. The van der Waals surface area contributed by atoms with Gasteiger partial charge in [-0.3, -0.25) is 9.59 Å². The van der Waals surface area contributed by atoms with Gasteiger partial charge in [0.15, 0.2) is 12.4 Å². The largest absolute Gasteiger partial charge is 0.545 e. The molecule has 0 aromatic rings. The first-order valence-electron chi connectivity index (χ1n) is 26.8. The van der Waals surface area contributed by atoms with Crippen molar-refractivity contribution in [3.8, 4) is 0 Å². The highest BCUT2D eigenvalue weighted by Crippen LogP contribution is 2.17. The molecule has 63 heavy (non-hydrogen) atoms. The average molecular weight is 894 g/mol. The van der Waals surface area contributed by atoms with Crippen LogP contribution in [-0.4, -0.2) is 82.3 Å². The van der Waals surface area contributed by atoms with E-state index >= 15 is 0 Å². The minimum atomic E-state index is -1.62. The SMILES string of the molecule is CCC/C=C\CCCCCCCC(=O)OC(COC(=O)CCCCCCCCCCCCCCCCCCCCCCCCCCCCCC)COC(OCC[N+](C)(C)C)C(=O)[O-]. The summed E-state index contributed by atoms with van der Waals surface area (Å²) in [5, 5.41) is 11.7. The zero-order chi connectivity index (χ0) is 46.3. The predicted molar refractivity (Wildman–Crippen MR) is 260 cm³/mol. The molecule has 0 aromatic heterocycles. The van der Waals surface area contributed by atoms with Gasteiger partial charge in [-0.1, -0.05) is 225 Å². The maximum absolute atomic E-state index is 12.7. The Bertz CT molecular complexity index is 1040. The number of esters is 2. The summed E-state index contributed by atoms with van der Waals surface area (Å²) in [4.78, 5) is 37.0. The zero-order valence-corrected chi connectivity index (χ0v) is 42.2. The van der Waals surface area contributed by atoms with E-state index in [0.717, 1.165) is 57.8 Å². The number of carboxylic acid groups (broad SMARTS) is 1. The fourth-order valence-electron chi connectivity index (χ4n) is 7.83. The lowest BCUT2D eigenvalue weighted by Gasteiger charge is -2.26. The van der Waals surface area contributed by atoms with Gasteiger partial charge in [0.1, 0.15) is 13.2 Å². The summed E-state index contributed by atoms with van der Waals surface area (Å²) in [6.07, 6.45) is 48.6. The van der Waals surface area contributed by atoms with Crippen molar-refractivity contribution in [3.63, 3.8) is 0 Å². The van der Waals surface area contributed by atoms with Crippen molar-refractivity contribution in [3.05, 3.63) is 12.2 Å². The Labute approximate surface area is 389 Å². The van der Waals surface area contributed by atoms with Crippen molar-refractivity contribution >= 4 is 17.9 Å². The molecule has 0 radical (unpaired) electrons. The molecule has 0 aliphatic carbocycles. The summed E-state index contributed by atoms with van der Waals surface area (Å²) in [6.45, 7) is 4.70. The normalized spacial score (nSPS) is 12.8. The summed E-state index contributed by atoms with van der Waals surface area (Å²) in [7, 11) is 5.91. The van der Waals surface area contributed by atoms with Crippen molar-refractivity contribution in [2.75, 3.05) is 47.5 Å². The van der Waals surface area contributed by atoms with E-state index in [9.17, 15) is 19.5 Å². The number of carbonyl (C=O) groups is 3. The third-order valence-electron chi connectivity index (χ3n) is 12.0. The Morgan fingerprint density at radius 3 is 1.24 bits per heavy atom. The van der Waals surface area contributed by atoms with E-state index in [2.05, 4.69) is 26.0 Å². The lowest BCUT2D eigenvalue weighted by atomic mass is 10.0. The fourth-order valence-corrected chi connectivity index (χ4v) is 7.83. The van der Waals surface area contributed by atoms with Crippen molar-refractivity contribution in [2.24, 2.45) is 0 Å². The van der Waals surface area contributed by atoms with Gasteiger partial charge in [0.25, 0.3) is 0 Å². The second kappa shape index (κ2) is 46.6. The van der Waals surface area contributed by atoms with Crippen LogP contribution >= 0.6 is 0 Å². The second-order valence-electron chi connectivity index (χ2n) is 19.5. The number of allylic oxidation sites excluding steroid dienone is 2. The average Bonchev–Trinajstić information content (AvgIpc) is 3.24. The fraction of sp³-hybridized carbons (Fsp3) is 0.907. The molecule has 0 aromatic carbocycles. The number of carboxylic acids is 1. The van der Waals surface area contributed by atoms with Gasteiger partial charge in [-0.25, -0.2) is 0 Å². The first kappa shape index (κ1) is 61.0. The highest BCUT2D eigenvalue weighted by Gasteiger charge is 2.22. The Morgan fingerprint density at radius 2 is 0.841 bits per heavy atom. The summed E-state index contributed by atoms with van der Waals surface area (Å²) in [6, 6.07) is 0. The number of carbonyl (C=O) groups excluding carboxylic acids is 3. The first-order chi connectivity index (χ1) is 30.6. The third-order valence-corrected chi connectivity index (χ3v) is 12.0. The summed E-state index contributed by atoms with van der Waals surface area (Å²) < 4.78 is 22.6. The summed E-state index contributed by atoms with van der Waals surface area (Å²) >= 11 is 0. The van der Waals surface area contributed by atoms with Crippen LogP contribution in [0.25, 0.3) is 0 Å². The van der Waals surface area contributed by atoms with Crippen molar-refractivity contribution < 1.29 is 42.9 Å². The van der Waals surface area contributed by atoms with Crippen LogP contribution in [0.1, 0.15) is 258 Å². The maximum Gasteiger partial charge on any atom is 0.306 e. The lowest BCUT2D eigenvalue weighted by molar-refractivity contribution is -0.870. The summed E-state index contributed by atoms with van der Waals surface area (Å²) in [5.74, 6) is -2.28. The monoisotopic (exact) mass is 894 g/mol. The minimum Gasteiger partial charge on any atom is -0.545 e. The number of ether oxygens (including phenoxy) is 4. The van der Waals surface area contributed by atoms with Crippen LogP contribution < -0.4 is 5.11 Å². The molecular formula is C54H103NO8. The molecule has 0 N–H and O–H groups in total. The van der Waals surface area contributed by atoms with Crippen LogP contribution in [0, 0.1) is 0 Å². The molecule has 2 atom stereocenters. The molecular weight excluding hydrogens is 791 g/mol. The highest BCUT2D eigenvalue weighted by molar-refractivity contribution is 5.70. The van der Waals surface area contributed by atoms with Gasteiger partial charge < -0.3 is 33.3 Å². The van der Waals surface area contributed by atoms with Crippen molar-refractivity contribution in [1.29, 1.82) is 0 Å². The molecule has 0 spiro atoms. The Kier molecular flexibility index (Phi) is 45.1. The number of hydrogen-bond donors (Lipinski definition) is 0. The molecule has 0 saturated carbocycles. The first-order valence-corrected chi connectivity index (χ1v) is 26.8. The lowest BCUT2D eigenvalue weighted by Crippen LogP contribution is -2.44. The van der Waals surface area contributed by atoms with Crippen molar-refractivity contribution in [2.45, 2.75) is 270 Å². The molecule has 372 valence electrons. The predicted octanol–water partition coefficient (Wildman–Crippen LogP) is 13.7. The van der Waals surface area contributed by atoms with Crippen LogP contribution in [0.15, 0.2) is 12.2 Å². The number of rotatable bonds is 50. The third kappa shape index (κ3) is 47.8. The molecule has 0 bridgehead atoms. The second-order valence-corrected chi connectivity index (χ2v) is 19.5. The van der Waals surface area contributed by atoms with Crippen LogP contribution in [0.3, 0.4) is 0 Å². The maximum atomic E-state index is 12.7. The minimum absolute atomic E-state index is 0.149. The number of hydrogen-bond acceptors (Lipinski definition) is 8.